The normalized spacial score (nSPS) is 22.5. The van der Waals surface area contributed by atoms with Crippen LogP contribution >= 0.6 is 11.8 Å². The molecule has 3 heteroatoms. The first kappa shape index (κ1) is 7.79. The smallest absolute Gasteiger partial charge is 0.182 e. The Labute approximate surface area is 65.8 Å². The SMILES string of the molecule is CSC1=NC(C)(C)CC=N1. The van der Waals surface area contributed by atoms with Gasteiger partial charge in [0.2, 0.25) is 0 Å². The number of nitrogens with zero attached hydrogens (tertiary/aromatic N) is 2. The molecule has 2 nitrogen and oxygen atoms in total. The van der Waals surface area contributed by atoms with Crippen molar-refractivity contribution in [1.82, 2.24) is 0 Å². The Morgan fingerprint density at radius 2 is 2.30 bits per heavy atom. The molecule has 0 amide bonds. The lowest BCUT2D eigenvalue weighted by atomic mass is 10.0. The largest absolute Gasteiger partial charge is 0.254 e. The number of hydrogen-bond acceptors (Lipinski definition) is 3. The predicted octanol–water partition coefficient (Wildman–Crippen LogP) is 1.96. The van der Waals surface area contributed by atoms with Gasteiger partial charge in [0.05, 0.1) is 5.54 Å². The average Bonchev–Trinajstić information content (AvgIpc) is 1.86. The molecule has 0 aromatic rings. The molecule has 0 aliphatic carbocycles. The molecule has 0 N–H and O–H groups in total. The maximum atomic E-state index is 4.41. The molecule has 1 heterocycles. The summed E-state index contributed by atoms with van der Waals surface area (Å²) in [5.41, 5.74) is 0.0695. The van der Waals surface area contributed by atoms with Crippen LogP contribution in [0.2, 0.25) is 0 Å². The van der Waals surface area contributed by atoms with Crippen LogP contribution in [0.4, 0.5) is 0 Å². The van der Waals surface area contributed by atoms with Gasteiger partial charge in [0.1, 0.15) is 0 Å². The third-order valence-electron chi connectivity index (χ3n) is 1.37. The Hall–Kier alpha value is -0.310. The van der Waals surface area contributed by atoms with E-state index in [0.717, 1.165) is 11.6 Å². The van der Waals surface area contributed by atoms with Crippen LogP contribution in [0.15, 0.2) is 9.98 Å². The predicted molar refractivity (Wildman–Crippen MR) is 48.1 cm³/mol. The fraction of sp³-hybridized carbons (Fsp3) is 0.714. The Morgan fingerprint density at radius 1 is 1.60 bits per heavy atom. The molecule has 0 radical (unpaired) electrons. The topological polar surface area (TPSA) is 24.7 Å². The van der Waals surface area contributed by atoms with Gasteiger partial charge in [0.15, 0.2) is 5.17 Å². The number of thioether (sulfide) groups is 1. The number of amidine groups is 1. The summed E-state index contributed by atoms with van der Waals surface area (Å²) < 4.78 is 0. The molecule has 0 atom stereocenters. The first-order chi connectivity index (χ1) is 4.64. The van der Waals surface area contributed by atoms with E-state index in [9.17, 15) is 0 Å². The minimum absolute atomic E-state index is 0.0695. The van der Waals surface area contributed by atoms with Crippen LogP contribution < -0.4 is 0 Å². The van der Waals surface area contributed by atoms with Gasteiger partial charge in [-0.15, -0.1) is 0 Å². The van der Waals surface area contributed by atoms with Crippen molar-refractivity contribution in [2.75, 3.05) is 6.26 Å². The third kappa shape index (κ3) is 1.84. The molecule has 0 saturated carbocycles. The Kier molecular flexibility index (Phi) is 2.14. The van der Waals surface area contributed by atoms with Gasteiger partial charge < -0.3 is 0 Å². The molecular formula is C7H12N2S. The summed E-state index contributed by atoms with van der Waals surface area (Å²) in [7, 11) is 0. The molecular weight excluding hydrogens is 144 g/mol. The van der Waals surface area contributed by atoms with Crippen LogP contribution in [-0.2, 0) is 0 Å². The van der Waals surface area contributed by atoms with Crippen LogP contribution in [0.1, 0.15) is 20.3 Å². The van der Waals surface area contributed by atoms with Crippen LogP contribution in [0, 0.1) is 0 Å². The molecule has 0 spiro atoms. The highest BCUT2D eigenvalue weighted by atomic mass is 32.2. The van der Waals surface area contributed by atoms with E-state index in [0.29, 0.717) is 0 Å². The molecule has 1 aliphatic rings. The summed E-state index contributed by atoms with van der Waals surface area (Å²) in [6.07, 6.45) is 4.90. The van der Waals surface area contributed by atoms with Crippen molar-refractivity contribution in [2.24, 2.45) is 9.98 Å². The van der Waals surface area contributed by atoms with Crippen molar-refractivity contribution >= 4 is 23.1 Å². The monoisotopic (exact) mass is 156 g/mol. The second kappa shape index (κ2) is 2.74. The molecule has 0 unspecified atom stereocenters. The van der Waals surface area contributed by atoms with Crippen LogP contribution in [0.5, 0.6) is 0 Å². The van der Waals surface area contributed by atoms with Gasteiger partial charge in [-0.2, -0.15) is 0 Å². The minimum Gasteiger partial charge on any atom is -0.254 e. The van der Waals surface area contributed by atoms with Crippen molar-refractivity contribution in [3.8, 4) is 0 Å². The number of aliphatic imine (C=N–C) groups is 2. The van der Waals surface area contributed by atoms with Gasteiger partial charge in [-0.1, -0.05) is 11.8 Å². The molecule has 1 rings (SSSR count). The van der Waals surface area contributed by atoms with Crippen molar-refractivity contribution in [1.29, 1.82) is 0 Å². The summed E-state index contributed by atoms with van der Waals surface area (Å²) in [6.45, 7) is 4.24. The van der Waals surface area contributed by atoms with Crippen molar-refractivity contribution < 1.29 is 0 Å². The van der Waals surface area contributed by atoms with Crippen molar-refractivity contribution in [3.05, 3.63) is 0 Å². The first-order valence-corrected chi connectivity index (χ1v) is 4.53. The fourth-order valence-corrected chi connectivity index (χ4v) is 1.30. The van der Waals surface area contributed by atoms with Gasteiger partial charge in [-0.3, -0.25) is 4.99 Å². The molecule has 10 heavy (non-hydrogen) atoms. The zero-order chi connectivity index (χ0) is 7.61. The van der Waals surface area contributed by atoms with Crippen molar-refractivity contribution in [3.63, 3.8) is 0 Å². The van der Waals surface area contributed by atoms with Crippen LogP contribution in [-0.4, -0.2) is 23.2 Å². The fourth-order valence-electron chi connectivity index (χ4n) is 0.779. The molecule has 56 valence electrons. The Balaban J connectivity index is 2.75. The van der Waals surface area contributed by atoms with E-state index in [4.69, 9.17) is 0 Å². The third-order valence-corrected chi connectivity index (χ3v) is 1.94. The second-order valence-electron chi connectivity index (χ2n) is 2.93. The van der Waals surface area contributed by atoms with Gasteiger partial charge in [-0.05, 0) is 20.1 Å². The highest BCUT2D eigenvalue weighted by Crippen LogP contribution is 2.19. The van der Waals surface area contributed by atoms with E-state index in [2.05, 4.69) is 23.8 Å². The van der Waals surface area contributed by atoms with E-state index >= 15 is 0 Å². The van der Waals surface area contributed by atoms with Crippen LogP contribution in [0.3, 0.4) is 0 Å². The molecule has 0 aromatic heterocycles. The average molecular weight is 156 g/mol. The highest BCUT2D eigenvalue weighted by Gasteiger charge is 2.18. The lowest BCUT2D eigenvalue weighted by Gasteiger charge is -2.20. The Bertz CT molecular complexity index is 182. The lowest BCUT2D eigenvalue weighted by molar-refractivity contribution is 0.546. The zero-order valence-corrected chi connectivity index (χ0v) is 7.40. The molecule has 1 aliphatic heterocycles. The van der Waals surface area contributed by atoms with E-state index < -0.39 is 0 Å². The molecule has 0 fully saturated rings. The van der Waals surface area contributed by atoms with Gasteiger partial charge in [0.25, 0.3) is 0 Å². The van der Waals surface area contributed by atoms with Gasteiger partial charge in [-0.25, -0.2) is 4.99 Å². The molecule has 0 aromatic carbocycles. The molecule has 0 bridgehead atoms. The summed E-state index contributed by atoms with van der Waals surface area (Å²) >= 11 is 1.60. The zero-order valence-electron chi connectivity index (χ0n) is 6.59. The maximum Gasteiger partial charge on any atom is 0.182 e. The first-order valence-electron chi connectivity index (χ1n) is 3.30. The van der Waals surface area contributed by atoms with E-state index in [1.807, 2.05) is 12.5 Å². The van der Waals surface area contributed by atoms with E-state index in [-0.39, 0.29) is 5.54 Å². The number of rotatable bonds is 0. The summed E-state index contributed by atoms with van der Waals surface area (Å²) in [5, 5.41) is 0.899. The summed E-state index contributed by atoms with van der Waals surface area (Å²) in [5.74, 6) is 0. The Morgan fingerprint density at radius 3 is 2.70 bits per heavy atom. The second-order valence-corrected chi connectivity index (χ2v) is 3.70. The minimum atomic E-state index is 0.0695. The van der Waals surface area contributed by atoms with E-state index in [1.54, 1.807) is 11.8 Å². The summed E-state index contributed by atoms with van der Waals surface area (Å²) in [6, 6.07) is 0. The summed E-state index contributed by atoms with van der Waals surface area (Å²) in [4.78, 5) is 8.55. The lowest BCUT2D eigenvalue weighted by Crippen LogP contribution is -2.21. The van der Waals surface area contributed by atoms with Crippen LogP contribution in [0.25, 0.3) is 0 Å². The standard InChI is InChI=1S/C7H12N2S/c1-7(2)4-5-8-6(9-7)10-3/h5H,4H2,1-3H3. The quantitative estimate of drug-likeness (QED) is 0.526. The van der Waals surface area contributed by atoms with Gasteiger partial charge in [0, 0.05) is 12.6 Å². The number of hydrogen-bond donors (Lipinski definition) is 0. The maximum absolute atomic E-state index is 4.41. The van der Waals surface area contributed by atoms with Crippen molar-refractivity contribution in [2.45, 2.75) is 25.8 Å². The van der Waals surface area contributed by atoms with E-state index in [1.165, 1.54) is 0 Å². The van der Waals surface area contributed by atoms with Gasteiger partial charge >= 0.3 is 0 Å². The highest BCUT2D eigenvalue weighted by molar-refractivity contribution is 8.13. The molecule has 0 saturated heterocycles.